The van der Waals surface area contributed by atoms with Crippen molar-refractivity contribution in [2.45, 2.75) is 38.4 Å². The zero-order valence-corrected chi connectivity index (χ0v) is 8.10. The Morgan fingerprint density at radius 1 is 1.50 bits per heavy atom. The molecule has 1 atom stereocenters. The summed E-state index contributed by atoms with van der Waals surface area (Å²) < 4.78 is 5.87. The molecular formula is C10H19NO. The lowest BCUT2D eigenvalue weighted by molar-refractivity contribution is -0.0738. The van der Waals surface area contributed by atoms with E-state index in [9.17, 15) is 0 Å². The van der Waals surface area contributed by atoms with Gasteiger partial charge >= 0.3 is 0 Å². The summed E-state index contributed by atoms with van der Waals surface area (Å²) in [6, 6.07) is 0. The van der Waals surface area contributed by atoms with Gasteiger partial charge < -0.3 is 10.1 Å². The van der Waals surface area contributed by atoms with E-state index in [2.05, 4.69) is 18.8 Å². The first-order valence-corrected chi connectivity index (χ1v) is 4.67. The molecule has 1 aliphatic heterocycles. The molecule has 0 spiro atoms. The summed E-state index contributed by atoms with van der Waals surface area (Å²) in [5, 5.41) is 3.33. The van der Waals surface area contributed by atoms with Gasteiger partial charge in [0.05, 0.1) is 11.7 Å². The summed E-state index contributed by atoms with van der Waals surface area (Å²) in [7, 11) is 0. The maximum atomic E-state index is 5.87. The maximum Gasteiger partial charge on any atom is 0.0732 e. The van der Waals surface area contributed by atoms with E-state index in [1.165, 1.54) is 0 Å². The van der Waals surface area contributed by atoms with Gasteiger partial charge in [0, 0.05) is 0 Å². The molecule has 70 valence electrons. The second-order valence-corrected chi connectivity index (χ2v) is 3.76. The largest absolute Gasteiger partial charge is 0.368 e. The van der Waals surface area contributed by atoms with E-state index in [-0.39, 0.29) is 11.7 Å². The fourth-order valence-electron chi connectivity index (χ4n) is 1.57. The molecule has 0 amide bonds. The molecule has 0 saturated carbocycles. The highest BCUT2D eigenvalue weighted by molar-refractivity contribution is 4.86. The van der Waals surface area contributed by atoms with Crippen molar-refractivity contribution in [2.24, 2.45) is 0 Å². The van der Waals surface area contributed by atoms with E-state index in [0.717, 1.165) is 25.9 Å². The average molecular weight is 169 g/mol. The van der Waals surface area contributed by atoms with Crippen LogP contribution in [-0.2, 0) is 4.74 Å². The quantitative estimate of drug-likeness (QED) is 0.649. The van der Waals surface area contributed by atoms with E-state index in [1.807, 2.05) is 13.0 Å². The van der Waals surface area contributed by atoms with Crippen molar-refractivity contribution in [1.29, 1.82) is 0 Å². The molecule has 1 fully saturated rings. The molecule has 2 heteroatoms. The van der Waals surface area contributed by atoms with Gasteiger partial charge in [-0.2, -0.15) is 0 Å². The Balaban J connectivity index is 2.40. The summed E-state index contributed by atoms with van der Waals surface area (Å²) in [5.41, 5.74) is 0.0683. The Morgan fingerprint density at radius 2 is 2.08 bits per heavy atom. The normalized spacial score (nSPS) is 24.8. The van der Waals surface area contributed by atoms with Gasteiger partial charge in [0.15, 0.2) is 0 Å². The highest BCUT2D eigenvalue weighted by Crippen LogP contribution is 2.23. The topological polar surface area (TPSA) is 21.3 Å². The molecule has 2 nitrogen and oxygen atoms in total. The second kappa shape index (κ2) is 4.06. The minimum Gasteiger partial charge on any atom is -0.368 e. The first-order chi connectivity index (χ1) is 5.66. The zero-order valence-electron chi connectivity index (χ0n) is 8.10. The Morgan fingerprint density at radius 3 is 2.58 bits per heavy atom. The van der Waals surface area contributed by atoms with Crippen molar-refractivity contribution in [2.75, 3.05) is 13.1 Å². The molecule has 0 aromatic heterocycles. The second-order valence-electron chi connectivity index (χ2n) is 3.76. The van der Waals surface area contributed by atoms with E-state index in [1.54, 1.807) is 0 Å². The molecule has 1 N–H and O–H groups in total. The Kier molecular flexibility index (Phi) is 3.29. The van der Waals surface area contributed by atoms with Crippen LogP contribution in [0.15, 0.2) is 12.7 Å². The van der Waals surface area contributed by atoms with Gasteiger partial charge in [-0.25, -0.2) is 0 Å². The minimum atomic E-state index is 0.0683. The van der Waals surface area contributed by atoms with E-state index in [4.69, 9.17) is 4.74 Å². The van der Waals surface area contributed by atoms with Crippen LogP contribution in [-0.4, -0.2) is 24.8 Å². The van der Waals surface area contributed by atoms with Crippen LogP contribution < -0.4 is 5.32 Å². The summed E-state index contributed by atoms with van der Waals surface area (Å²) in [6.07, 6.45) is 4.23. The van der Waals surface area contributed by atoms with Crippen molar-refractivity contribution in [1.82, 2.24) is 5.32 Å². The van der Waals surface area contributed by atoms with Crippen molar-refractivity contribution in [3.8, 4) is 0 Å². The van der Waals surface area contributed by atoms with E-state index in [0.29, 0.717) is 0 Å². The summed E-state index contributed by atoms with van der Waals surface area (Å²) in [6.45, 7) is 10.1. The number of hydrogen-bond donors (Lipinski definition) is 1. The van der Waals surface area contributed by atoms with Crippen molar-refractivity contribution < 1.29 is 4.74 Å². The summed E-state index contributed by atoms with van der Waals surface area (Å²) in [4.78, 5) is 0. The number of rotatable bonds is 3. The molecule has 1 aliphatic rings. The number of piperidine rings is 1. The van der Waals surface area contributed by atoms with Crippen molar-refractivity contribution in [3.63, 3.8) is 0 Å². The Bertz CT molecular complexity index is 150. The maximum absolute atomic E-state index is 5.87. The van der Waals surface area contributed by atoms with Crippen molar-refractivity contribution in [3.05, 3.63) is 12.7 Å². The van der Waals surface area contributed by atoms with Gasteiger partial charge in [0.25, 0.3) is 0 Å². The molecule has 1 unspecified atom stereocenters. The third-order valence-corrected chi connectivity index (χ3v) is 2.46. The first kappa shape index (κ1) is 9.75. The molecule has 12 heavy (non-hydrogen) atoms. The van der Waals surface area contributed by atoms with E-state index >= 15 is 0 Å². The predicted octanol–water partition coefficient (Wildman–Crippen LogP) is 1.72. The van der Waals surface area contributed by atoms with Crippen LogP contribution in [0, 0.1) is 0 Å². The van der Waals surface area contributed by atoms with Crippen LogP contribution in [0.1, 0.15) is 26.7 Å². The molecule has 0 aliphatic carbocycles. The standard InChI is InChI=1S/C10H19NO/c1-4-9(2)12-10(3)5-7-11-8-6-10/h4,9,11H,1,5-8H2,2-3H3. The van der Waals surface area contributed by atoms with E-state index < -0.39 is 0 Å². The summed E-state index contributed by atoms with van der Waals surface area (Å²) >= 11 is 0. The Hall–Kier alpha value is -0.340. The molecule has 1 saturated heterocycles. The lowest BCUT2D eigenvalue weighted by atomic mass is 9.94. The summed E-state index contributed by atoms with van der Waals surface area (Å²) in [5.74, 6) is 0. The van der Waals surface area contributed by atoms with Crippen LogP contribution in [0.4, 0.5) is 0 Å². The monoisotopic (exact) mass is 169 g/mol. The average Bonchev–Trinajstić information content (AvgIpc) is 2.05. The minimum absolute atomic E-state index is 0.0683. The number of ether oxygens (including phenoxy) is 1. The van der Waals surface area contributed by atoms with Crippen LogP contribution in [0.2, 0.25) is 0 Å². The molecule has 0 radical (unpaired) electrons. The molecule has 0 bridgehead atoms. The van der Waals surface area contributed by atoms with Gasteiger partial charge in [-0.1, -0.05) is 6.08 Å². The predicted molar refractivity (Wildman–Crippen MR) is 51.3 cm³/mol. The van der Waals surface area contributed by atoms with Crippen LogP contribution in [0.3, 0.4) is 0 Å². The molecule has 1 heterocycles. The first-order valence-electron chi connectivity index (χ1n) is 4.67. The van der Waals surface area contributed by atoms with Gasteiger partial charge in [0.2, 0.25) is 0 Å². The van der Waals surface area contributed by atoms with Crippen LogP contribution in [0.5, 0.6) is 0 Å². The lowest BCUT2D eigenvalue weighted by Gasteiger charge is -2.35. The van der Waals surface area contributed by atoms with Gasteiger partial charge in [-0.05, 0) is 39.8 Å². The van der Waals surface area contributed by atoms with Crippen molar-refractivity contribution >= 4 is 0 Å². The highest BCUT2D eigenvalue weighted by Gasteiger charge is 2.28. The SMILES string of the molecule is C=CC(C)OC1(C)CCNCC1. The van der Waals surface area contributed by atoms with Gasteiger partial charge in [-0.3, -0.25) is 0 Å². The highest BCUT2D eigenvalue weighted by atomic mass is 16.5. The molecule has 1 rings (SSSR count). The Labute approximate surface area is 75.0 Å². The lowest BCUT2D eigenvalue weighted by Crippen LogP contribution is -2.43. The third kappa shape index (κ3) is 2.61. The molecule has 0 aromatic rings. The molecule has 0 aromatic carbocycles. The van der Waals surface area contributed by atoms with Crippen LogP contribution >= 0.6 is 0 Å². The number of hydrogen-bond acceptors (Lipinski definition) is 2. The van der Waals surface area contributed by atoms with Gasteiger partial charge in [-0.15, -0.1) is 6.58 Å². The molecular weight excluding hydrogens is 150 g/mol. The smallest absolute Gasteiger partial charge is 0.0732 e. The fraction of sp³-hybridized carbons (Fsp3) is 0.800. The fourth-order valence-corrected chi connectivity index (χ4v) is 1.57. The number of nitrogens with one attached hydrogen (secondary N) is 1. The van der Waals surface area contributed by atoms with Crippen LogP contribution in [0.25, 0.3) is 0 Å². The third-order valence-electron chi connectivity index (χ3n) is 2.46. The van der Waals surface area contributed by atoms with Gasteiger partial charge in [0.1, 0.15) is 0 Å². The zero-order chi connectivity index (χ0) is 9.03.